The number of ether oxygens (including phenoxy) is 1. The van der Waals surface area contributed by atoms with Gasteiger partial charge in [0, 0.05) is 36.3 Å². The van der Waals surface area contributed by atoms with E-state index in [-0.39, 0.29) is 11.5 Å². The number of aryl methyl sites for hydroxylation is 1. The third kappa shape index (κ3) is 5.43. The van der Waals surface area contributed by atoms with Crippen LogP contribution in [-0.4, -0.2) is 38.3 Å². The molecule has 0 atom stereocenters. The van der Waals surface area contributed by atoms with E-state index in [1.807, 2.05) is 0 Å². The molecule has 2 heterocycles. The van der Waals surface area contributed by atoms with Crippen LogP contribution in [0.15, 0.2) is 62.6 Å². The highest BCUT2D eigenvalue weighted by Gasteiger charge is 2.27. The van der Waals surface area contributed by atoms with Gasteiger partial charge in [0.25, 0.3) is 5.91 Å². The molecule has 3 aromatic rings. The second-order valence-corrected chi connectivity index (χ2v) is 10.00. The Morgan fingerprint density at radius 1 is 1.03 bits per heavy atom. The van der Waals surface area contributed by atoms with Gasteiger partial charge in [-0.25, -0.2) is 13.2 Å². The fourth-order valence-corrected chi connectivity index (χ4v) is 5.62. The third-order valence-electron chi connectivity index (χ3n) is 5.62. The van der Waals surface area contributed by atoms with Gasteiger partial charge >= 0.3 is 5.63 Å². The van der Waals surface area contributed by atoms with Crippen molar-refractivity contribution in [2.24, 2.45) is 0 Å². The summed E-state index contributed by atoms with van der Waals surface area (Å²) in [4.78, 5) is 24.0. The van der Waals surface area contributed by atoms with E-state index >= 15 is 0 Å². The maximum atomic E-state index is 13.2. The number of rotatable bonds is 6. The number of sulfonamides is 1. The number of hydrogen-bond donors (Lipinski definition) is 1. The molecule has 1 fully saturated rings. The lowest BCUT2D eigenvalue weighted by Crippen LogP contribution is -2.32. The minimum absolute atomic E-state index is 0.202. The molecule has 0 saturated carbocycles. The third-order valence-corrected chi connectivity index (χ3v) is 7.66. The summed E-state index contributed by atoms with van der Waals surface area (Å²) in [6.45, 7) is 2.48. The molecule has 1 N–H and O–H groups in total. The lowest BCUT2D eigenvalue weighted by atomic mass is 10.2. The zero-order valence-electron chi connectivity index (χ0n) is 18.4. The summed E-state index contributed by atoms with van der Waals surface area (Å²) in [5, 5.41) is 3.43. The molecule has 1 aliphatic rings. The second kappa shape index (κ2) is 9.76. The molecule has 1 amide bonds. The topological polar surface area (TPSA) is 106 Å². The predicted molar refractivity (Wildman–Crippen MR) is 125 cm³/mol. The number of fused-ring (bicyclic) bond motifs is 1. The first kappa shape index (κ1) is 23.0. The molecule has 0 spiro atoms. The summed E-state index contributed by atoms with van der Waals surface area (Å²) in [7, 11) is -3.64. The fourth-order valence-electron chi connectivity index (χ4n) is 3.85. The number of hydrogen-bond acceptors (Lipinski definition) is 6. The van der Waals surface area contributed by atoms with Gasteiger partial charge in [-0.1, -0.05) is 18.9 Å². The highest BCUT2D eigenvalue weighted by molar-refractivity contribution is 7.89. The highest BCUT2D eigenvalue weighted by atomic mass is 32.2. The minimum atomic E-state index is -3.64. The molecule has 33 heavy (non-hydrogen) atoms. The fraction of sp³-hybridized carbons (Fsp3) is 0.333. The average Bonchev–Trinajstić information content (AvgIpc) is 3.09. The van der Waals surface area contributed by atoms with Crippen LogP contribution >= 0.6 is 0 Å². The zero-order valence-corrected chi connectivity index (χ0v) is 19.2. The normalized spacial score (nSPS) is 15.2. The quantitative estimate of drug-likeness (QED) is 0.551. The van der Waals surface area contributed by atoms with Crippen molar-refractivity contribution in [3.05, 3.63) is 64.5 Å². The smallest absolute Gasteiger partial charge is 0.336 e. The van der Waals surface area contributed by atoms with E-state index in [0.717, 1.165) is 31.1 Å². The molecule has 0 bridgehead atoms. The van der Waals surface area contributed by atoms with Crippen molar-refractivity contribution >= 4 is 32.6 Å². The Hall–Kier alpha value is -3.17. The van der Waals surface area contributed by atoms with E-state index in [1.165, 1.54) is 16.4 Å². The Balaban J connectivity index is 1.44. The van der Waals surface area contributed by atoms with Gasteiger partial charge in [0.1, 0.15) is 11.3 Å². The summed E-state index contributed by atoms with van der Waals surface area (Å²) in [5.41, 5.74) is 0.906. The maximum absolute atomic E-state index is 13.2. The summed E-state index contributed by atoms with van der Waals surface area (Å²) in [6, 6.07) is 12.8. The lowest BCUT2D eigenvalue weighted by Gasteiger charge is -2.21. The van der Waals surface area contributed by atoms with Crippen molar-refractivity contribution in [1.29, 1.82) is 0 Å². The standard InChI is InChI=1S/C24H26N2O6S/c1-17-6-9-19(14-22(17)33(29,30)26-12-4-2-3-5-13-26)25-23(27)16-31-20-10-7-18-8-11-24(28)32-21(18)15-20/h6-11,14-15H,2-5,12-13,16H2,1H3,(H,25,27). The van der Waals surface area contributed by atoms with Crippen LogP contribution in [0, 0.1) is 6.92 Å². The summed E-state index contributed by atoms with van der Waals surface area (Å²) >= 11 is 0. The Bertz CT molecular complexity index is 1320. The van der Waals surface area contributed by atoms with Gasteiger partial charge in [-0.15, -0.1) is 0 Å². The number of anilines is 1. The van der Waals surface area contributed by atoms with Crippen molar-refractivity contribution in [1.82, 2.24) is 4.31 Å². The van der Waals surface area contributed by atoms with Crippen LogP contribution in [0.3, 0.4) is 0 Å². The van der Waals surface area contributed by atoms with Crippen LogP contribution in [-0.2, 0) is 14.8 Å². The Labute approximate surface area is 192 Å². The van der Waals surface area contributed by atoms with Gasteiger partial charge in [0.15, 0.2) is 6.61 Å². The van der Waals surface area contributed by atoms with Gasteiger partial charge in [0.2, 0.25) is 10.0 Å². The first-order valence-electron chi connectivity index (χ1n) is 10.9. The summed E-state index contributed by atoms with van der Waals surface area (Å²) < 4.78 is 38.6. The van der Waals surface area contributed by atoms with Crippen molar-refractivity contribution < 1.29 is 22.4 Å². The first-order valence-corrected chi connectivity index (χ1v) is 12.3. The SMILES string of the molecule is Cc1ccc(NC(=O)COc2ccc3ccc(=O)oc3c2)cc1S(=O)(=O)N1CCCCCC1. The van der Waals surface area contributed by atoms with Gasteiger partial charge in [-0.3, -0.25) is 4.79 Å². The molecule has 9 heteroatoms. The van der Waals surface area contributed by atoms with E-state index < -0.39 is 21.6 Å². The Kier molecular flexibility index (Phi) is 6.80. The van der Waals surface area contributed by atoms with Gasteiger partial charge in [-0.2, -0.15) is 4.31 Å². The van der Waals surface area contributed by atoms with Crippen LogP contribution in [0.5, 0.6) is 5.75 Å². The van der Waals surface area contributed by atoms with Crippen LogP contribution in [0.1, 0.15) is 31.2 Å². The number of amides is 1. The lowest BCUT2D eigenvalue weighted by molar-refractivity contribution is -0.118. The summed E-state index contributed by atoms with van der Waals surface area (Å²) in [6.07, 6.45) is 3.77. The number of nitrogens with one attached hydrogen (secondary N) is 1. The van der Waals surface area contributed by atoms with E-state index in [2.05, 4.69) is 5.32 Å². The van der Waals surface area contributed by atoms with Gasteiger partial charge in [0.05, 0.1) is 4.90 Å². The molecule has 8 nitrogen and oxygen atoms in total. The van der Waals surface area contributed by atoms with E-state index in [0.29, 0.717) is 35.7 Å². The van der Waals surface area contributed by atoms with E-state index in [1.54, 1.807) is 43.3 Å². The molecule has 0 radical (unpaired) electrons. The second-order valence-electron chi connectivity index (χ2n) is 8.09. The van der Waals surface area contributed by atoms with Gasteiger partial charge in [-0.05, 0) is 55.7 Å². The summed E-state index contributed by atoms with van der Waals surface area (Å²) in [5.74, 6) is -0.0630. The molecule has 0 unspecified atom stereocenters. The minimum Gasteiger partial charge on any atom is -0.484 e. The molecule has 0 aliphatic carbocycles. The van der Waals surface area contributed by atoms with E-state index in [4.69, 9.17) is 9.15 Å². The first-order chi connectivity index (χ1) is 15.8. The molecule has 1 saturated heterocycles. The van der Waals surface area contributed by atoms with Crippen molar-refractivity contribution in [3.63, 3.8) is 0 Å². The molecular weight excluding hydrogens is 444 g/mol. The van der Waals surface area contributed by atoms with Crippen molar-refractivity contribution in [2.45, 2.75) is 37.5 Å². The Morgan fingerprint density at radius 2 is 1.76 bits per heavy atom. The largest absolute Gasteiger partial charge is 0.484 e. The van der Waals surface area contributed by atoms with Crippen LogP contribution in [0.25, 0.3) is 11.0 Å². The molecule has 174 valence electrons. The molecular formula is C24H26N2O6S. The van der Waals surface area contributed by atoms with Crippen LogP contribution < -0.4 is 15.7 Å². The molecule has 2 aromatic carbocycles. The highest BCUT2D eigenvalue weighted by Crippen LogP contribution is 2.26. The van der Waals surface area contributed by atoms with Crippen LogP contribution in [0.2, 0.25) is 0 Å². The number of benzene rings is 2. The maximum Gasteiger partial charge on any atom is 0.336 e. The molecule has 4 rings (SSSR count). The van der Waals surface area contributed by atoms with Crippen LogP contribution in [0.4, 0.5) is 5.69 Å². The monoisotopic (exact) mass is 470 g/mol. The number of nitrogens with zero attached hydrogens (tertiary/aromatic N) is 1. The predicted octanol–water partition coefficient (Wildman–Crippen LogP) is 3.68. The zero-order chi connectivity index (χ0) is 23.4. The number of carbonyl (C=O) groups excluding carboxylic acids is 1. The van der Waals surface area contributed by atoms with Crippen molar-refractivity contribution in [2.75, 3.05) is 25.0 Å². The van der Waals surface area contributed by atoms with E-state index in [9.17, 15) is 18.0 Å². The molecule has 1 aromatic heterocycles. The number of carbonyl (C=O) groups is 1. The average molecular weight is 471 g/mol. The Morgan fingerprint density at radius 3 is 2.52 bits per heavy atom. The molecule has 1 aliphatic heterocycles. The van der Waals surface area contributed by atoms with Gasteiger partial charge < -0.3 is 14.5 Å². The van der Waals surface area contributed by atoms with Crippen molar-refractivity contribution in [3.8, 4) is 5.75 Å².